The second-order valence-corrected chi connectivity index (χ2v) is 9.93. The van der Waals surface area contributed by atoms with Gasteiger partial charge in [-0.25, -0.2) is 9.65 Å². The summed E-state index contributed by atoms with van der Waals surface area (Å²) in [6.07, 6.45) is 0.431. The second kappa shape index (κ2) is 7.73. The minimum atomic E-state index is -4.00. The van der Waals surface area contributed by atoms with Crippen molar-refractivity contribution in [2.45, 2.75) is 25.5 Å². The minimum Gasteiger partial charge on any atom is -0.400 e. The molecular weight excluding hydrogens is 416 g/mol. The van der Waals surface area contributed by atoms with Gasteiger partial charge in [0.25, 0.3) is 5.24 Å². The van der Waals surface area contributed by atoms with Crippen LogP contribution >= 0.6 is 42.7 Å². The molecule has 0 atom stereocenters. The van der Waals surface area contributed by atoms with Crippen LogP contribution in [0.15, 0.2) is 36.4 Å². The summed E-state index contributed by atoms with van der Waals surface area (Å²) in [7, 11) is -4.00. The van der Waals surface area contributed by atoms with E-state index in [0.717, 1.165) is 22.9 Å². The number of carbonyl (C=O) groups excluding carboxylic acids is 1. The first kappa shape index (κ1) is 19.4. The number of thioether (sulfide) groups is 1. The van der Waals surface area contributed by atoms with Gasteiger partial charge >= 0.3 is 7.75 Å². The molecule has 2 aromatic carbocycles. The molecule has 1 amide bonds. The summed E-state index contributed by atoms with van der Waals surface area (Å²) >= 11 is 13.2. The van der Waals surface area contributed by atoms with Crippen molar-refractivity contribution in [3.8, 4) is 11.5 Å². The third kappa shape index (κ3) is 4.68. The Morgan fingerprint density at radius 1 is 1.08 bits per heavy atom. The van der Waals surface area contributed by atoms with Crippen LogP contribution in [0.1, 0.15) is 25.0 Å². The molecule has 1 heterocycles. The highest BCUT2D eigenvalue weighted by molar-refractivity contribution is 8.14. The zero-order chi connectivity index (χ0) is 18.9. The number of amides is 1. The molecule has 3 rings (SSSR count). The molecule has 0 radical (unpaired) electrons. The zero-order valence-corrected chi connectivity index (χ0v) is 17.2. The van der Waals surface area contributed by atoms with E-state index < -0.39 is 13.0 Å². The molecule has 138 valence electrons. The molecule has 0 unspecified atom stereocenters. The molecular formula is C17H16Cl2NO4PS. The number of nitrogens with one attached hydrogen (secondary N) is 1. The topological polar surface area (TPSA) is 64.6 Å². The van der Waals surface area contributed by atoms with Gasteiger partial charge in [-0.05, 0) is 36.4 Å². The SMILES string of the molecule is CC(C)SC(=O)NP1(=O)Oc2ccc(Cl)cc2Cc2cc(Cl)ccc2O1. The Kier molecular flexibility index (Phi) is 5.78. The molecule has 9 heteroatoms. The quantitative estimate of drug-likeness (QED) is 0.563. The fourth-order valence-electron chi connectivity index (χ4n) is 2.43. The number of benzene rings is 2. The number of fused-ring (bicyclic) bond motifs is 2. The Labute approximate surface area is 165 Å². The van der Waals surface area contributed by atoms with Crippen molar-refractivity contribution < 1.29 is 18.4 Å². The Balaban J connectivity index is 2.04. The average molecular weight is 432 g/mol. The van der Waals surface area contributed by atoms with E-state index in [1.165, 1.54) is 0 Å². The summed E-state index contributed by atoms with van der Waals surface area (Å²) in [5.41, 5.74) is 1.44. The summed E-state index contributed by atoms with van der Waals surface area (Å²) in [6, 6.07) is 9.89. The van der Waals surface area contributed by atoms with Crippen LogP contribution in [0, 0.1) is 0 Å². The minimum absolute atomic E-state index is 0.0218. The van der Waals surface area contributed by atoms with Gasteiger partial charge in [0.2, 0.25) is 0 Å². The number of carbonyl (C=O) groups is 1. The molecule has 0 saturated carbocycles. The first-order valence-corrected chi connectivity index (χ1v) is 11.0. The van der Waals surface area contributed by atoms with Gasteiger partial charge in [0.1, 0.15) is 11.5 Å². The van der Waals surface area contributed by atoms with E-state index in [9.17, 15) is 9.36 Å². The van der Waals surface area contributed by atoms with E-state index in [4.69, 9.17) is 32.2 Å². The summed E-state index contributed by atoms with van der Waals surface area (Å²) in [5, 5.41) is 2.95. The fraction of sp³-hybridized carbons (Fsp3) is 0.235. The lowest BCUT2D eigenvalue weighted by Crippen LogP contribution is -2.24. The Morgan fingerprint density at radius 3 is 2.04 bits per heavy atom. The van der Waals surface area contributed by atoms with Gasteiger partial charge in [-0.2, -0.15) is 0 Å². The Bertz CT molecular complexity index is 849. The third-order valence-electron chi connectivity index (χ3n) is 3.43. The molecule has 0 bridgehead atoms. The predicted molar refractivity (Wildman–Crippen MR) is 106 cm³/mol. The molecule has 2 aromatic rings. The van der Waals surface area contributed by atoms with Gasteiger partial charge in [-0.3, -0.25) is 4.79 Å². The predicted octanol–water partition coefficient (Wildman–Crippen LogP) is 6.31. The van der Waals surface area contributed by atoms with Crippen molar-refractivity contribution >= 4 is 47.9 Å². The summed E-state index contributed by atoms with van der Waals surface area (Å²) < 4.78 is 24.5. The van der Waals surface area contributed by atoms with Gasteiger partial charge < -0.3 is 9.05 Å². The van der Waals surface area contributed by atoms with Crippen molar-refractivity contribution in [2.24, 2.45) is 0 Å². The molecule has 1 aliphatic heterocycles. The molecule has 1 aliphatic rings. The Morgan fingerprint density at radius 2 is 1.58 bits per heavy atom. The molecule has 0 aromatic heterocycles. The highest BCUT2D eigenvalue weighted by atomic mass is 35.5. The second-order valence-electron chi connectivity index (χ2n) is 5.93. The van der Waals surface area contributed by atoms with Gasteiger partial charge in [0, 0.05) is 32.8 Å². The molecule has 5 nitrogen and oxygen atoms in total. The highest BCUT2D eigenvalue weighted by Gasteiger charge is 2.35. The van der Waals surface area contributed by atoms with Crippen molar-refractivity contribution in [3.05, 3.63) is 57.6 Å². The van der Waals surface area contributed by atoms with Crippen LogP contribution in [0.4, 0.5) is 4.79 Å². The summed E-state index contributed by atoms with van der Waals surface area (Å²) in [5.74, 6) is 0.663. The molecule has 0 aliphatic carbocycles. The lowest BCUT2D eigenvalue weighted by molar-refractivity contribution is 0.262. The number of rotatable bonds is 2. The maximum atomic E-state index is 13.2. The monoisotopic (exact) mass is 431 g/mol. The lowest BCUT2D eigenvalue weighted by Gasteiger charge is -2.25. The number of halogens is 2. The molecule has 1 N–H and O–H groups in total. The molecule has 0 saturated heterocycles. The van der Waals surface area contributed by atoms with Crippen molar-refractivity contribution in [2.75, 3.05) is 0 Å². The van der Waals surface area contributed by atoms with E-state index in [2.05, 4.69) is 5.09 Å². The standard InChI is InChI=1S/C17H16Cl2NO4PS/c1-10(2)26-17(21)20-25(22)23-15-5-3-13(18)8-11(15)7-12-9-14(19)4-6-16(12)24-25/h3-6,8-10H,7H2,1-2H3,(H,20,21,22). The maximum Gasteiger partial charge on any atom is 0.544 e. The van der Waals surface area contributed by atoms with Crippen LogP contribution in [0.25, 0.3) is 0 Å². The Hall–Kier alpha value is -1.33. The van der Waals surface area contributed by atoms with Crippen molar-refractivity contribution in [1.82, 2.24) is 5.09 Å². The normalized spacial score (nSPS) is 15.0. The lowest BCUT2D eigenvalue weighted by atomic mass is 10.0. The van der Waals surface area contributed by atoms with E-state index in [1.807, 2.05) is 13.8 Å². The van der Waals surface area contributed by atoms with Gasteiger partial charge in [-0.1, -0.05) is 48.8 Å². The van der Waals surface area contributed by atoms with Crippen molar-refractivity contribution in [1.29, 1.82) is 0 Å². The summed E-state index contributed by atoms with van der Waals surface area (Å²) in [4.78, 5) is 12.1. The van der Waals surface area contributed by atoms with E-state index in [0.29, 0.717) is 28.0 Å². The summed E-state index contributed by atoms with van der Waals surface area (Å²) in [6.45, 7) is 3.71. The van der Waals surface area contributed by atoms with Gasteiger partial charge in [-0.15, -0.1) is 0 Å². The zero-order valence-electron chi connectivity index (χ0n) is 14.0. The van der Waals surface area contributed by atoms with E-state index >= 15 is 0 Å². The van der Waals surface area contributed by atoms with Gasteiger partial charge in [0.15, 0.2) is 0 Å². The molecule has 0 spiro atoms. The maximum absolute atomic E-state index is 13.2. The average Bonchev–Trinajstić information content (AvgIpc) is 2.50. The van der Waals surface area contributed by atoms with Crippen LogP contribution in [-0.2, 0) is 11.0 Å². The molecule has 26 heavy (non-hydrogen) atoms. The first-order valence-electron chi connectivity index (χ1n) is 7.79. The largest absolute Gasteiger partial charge is 0.544 e. The number of hydrogen-bond acceptors (Lipinski definition) is 5. The third-order valence-corrected chi connectivity index (χ3v) is 6.19. The smallest absolute Gasteiger partial charge is 0.400 e. The van der Waals surface area contributed by atoms with Crippen LogP contribution in [-0.4, -0.2) is 10.5 Å². The molecule has 0 fully saturated rings. The van der Waals surface area contributed by atoms with Crippen LogP contribution in [0.3, 0.4) is 0 Å². The van der Waals surface area contributed by atoms with Crippen LogP contribution in [0.2, 0.25) is 10.0 Å². The van der Waals surface area contributed by atoms with Crippen LogP contribution < -0.4 is 14.1 Å². The highest BCUT2D eigenvalue weighted by Crippen LogP contribution is 2.50. The van der Waals surface area contributed by atoms with Crippen LogP contribution in [0.5, 0.6) is 11.5 Å². The fourth-order valence-corrected chi connectivity index (χ4v) is 5.02. The first-order chi connectivity index (χ1) is 12.2. The van der Waals surface area contributed by atoms with Gasteiger partial charge in [0.05, 0.1) is 0 Å². The van der Waals surface area contributed by atoms with E-state index in [1.54, 1.807) is 36.4 Å². The van der Waals surface area contributed by atoms with Crippen molar-refractivity contribution in [3.63, 3.8) is 0 Å². The number of hydrogen-bond donors (Lipinski definition) is 1. The van der Waals surface area contributed by atoms with E-state index in [-0.39, 0.29) is 5.25 Å².